The van der Waals surface area contributed by atoms with E-state index in [4.69, 9.17) is 4.42 Å². The lowest BCUT2D eigenvalue weighted by molar-refractivity contribution is -0.0429. The van der Waals surface area contributed by atoms with Gasteiger partial charge in [-0.2, -0.15) is 21.6 Å². The monoisotopic (exact) mass is 321 g/mol. The number of Topliss-reactive ketones (excluding diaryl/α,β-unsaturated/α-hetero) is 1. The fourth-order valence-corrected chi connectivity index (χ4v) is 2.49. The van der Waals surface area contributed by atoms with Crippen molar-refractivity contribution in [2.75, 3.05) is 4.72 Å². The Morgan fingerprint density at radius 3 is 2.43 bits per heavy atom. The fourth-order valence-electron chi connectivity index (χ4n) is 1.93. The first-order valence-electron chi connectivity index (χ1n) is 5.66. The minimum absolute atomic E-state index is 0.207. The lowest BCUT2D eigenvalue weighted by Crippen LogP contribution is -2.29. The van der Waals surface area contributed by atoms with Gasteiger partial charge in [-0.25, -0.2) is 0 Å². The Bertz CT molecular complexity index is 821. The highest BCUT2D eigenvalue weighted by Crippen LogP contribution is 2.31. The number of hydrogen-bond donors (Lipinski definition) is 1. The van der Waals surface area contributed by atoms with Crippen LogP contribution in [0.25, 0.3) is 11.0 Å². The molecule has 0 fully saturated rings. The number of sulfonamides is 1. The normalized spacial score (nSPS) is 12.6. The van der Waals surface area contributed by atoms with E-state index in [-0.39, 0.29) is 28.0 Å². The van der Waals surface area contributed by atoms with Crippen LogP contribution in [0.3, 0.4) is 0 Å². The van der Waals surface area contributed by atoms with Crippen molar-refractivity contribution >= 4 is 32.5 Å². The first-order valence-corrected chi connectivity index (χ1v) is 7.14. The van der Waals surface area contributed by atoms with Crippen LogP contribution in [0.2, 0.25) is 0 Å². The quantitative estimate of drug-likeness (QED) is 0.881. The van der Waals surface area contributed by atoms with Crippen molar-refractivity contribution in [2.24, 2.45) is 0 Å². The molecule has 0 radical (unpaired) electrons. The van der Waals surface area contributed by atoms with Gasteiger partial charge < -0.3 is 4.42 Å². The lowest BCUT2D eigenvalue weighted by atomic mass is 10.1. The molecule has 2 aromatic rings. The van der Waals surface area contributed by atoms with Gasteiger partial charge in [-0.05, 0) is 32.0 Å². The van der Waals surface area contributed by atoms with E-state index >= 15 is 0 Å². The average Bonchev–Trinajstić information content (AvgIpc) is 2.62. The SMILES string of the molecule is CC(=O)c1c(C)oc2ccc(NS(=O)(=O)C(F)(F)F)cc12. The summed E-state index contributed by atoms with van der Waals surface area (Å²) < 4.78 is 65.8. The van der Waals surface area contributed by atoms with E-state index in [0.717, 1.165) is 12.1 Å². The summed E-state index contributed by atoms with van der Waals surface area (Å²) in [6, 6.07) is 3.55. The van der Waals surface area contributed by atoms with Crippen LogP contribution in [0.5, 0.6) is 0 Å². The summed E-state index contributed by atoms with van der Waals surface area (Å²) in [5.74, 6) is -0.0181. The van der Waals surface area contributed by atoms with Gasteiger partial charge in [0.15, 0.2) is 5.78 Å². The van der Waals surface area contributed by atoms with Crippen molar-refractivity contribution < 1.29 is 30.8 Å². The smallest absolute Gasteiger partial charge is 0.461 e. The van der Waals surface area contributed by atoms with Crippen molar-refractivity contribution in [3.63, 3.8) is 0 Å². The molecule has 0 amide bonds. The van der Waals surface area contributed by atoms with Gasteiger partial charge in [-0.15, -0.1) is 0 Å². The number of carbonyl (C=O) groups excluding carboxylic acids is 1. The highest BCUT2D eigenvalue weighted by molar-refractivity contribution is 7.93. The van der Waals surface area contributed by atoms with Crippen molar-refractivity contribution in [2.45, 2.75) is 19.4 Å². The summed E-state index contributed by atoms with van der Waals surface area (Å²) in [4.78, 5) is 11.5. The van der Waals surface area contributed by atoms with Gasteiger partial charge in [0.1, 0.15) is 11.3 Å². The van der Waals surface area contributed by atoms with Crippen molar-refractivity contribution in [3.8, 4) is 0 Å². The van der Waals surface area contributed by atoms with Crippen molar-refractivity contribution in [1.82, 2.24) is 0 Å². The number of halogens is 3. The number of anilines is 1. The average molecular weight is 321 g/mol. The molecule has 0 saturated carbocycles. The van der Waals surface area contributed by atoms with Crippen LogP contribution < -0.4 is 4.72 Å². The van der Waals surface area contributed by atoms with E-state index in [9.17, 15) is 26.4 Å². The first kappa shape index (κ1) is 15.4. The number of alkyl halides is 3. The van der Waals surface area contributed by atoms with Crippen LogP contribution in [0.4, 0.5) is 18.9 Å². The number of furan rings is 1. The van der Waals surface area contributed by atoms with Crippen LogP contribution in [-0.4, -0.2) is 19.7 Å². The fraction of sp³-hybridized carbons (Fsp3) is 0.250. The zero-order chi connectivity index (χ0) is 16.0. The van der Waals surface area contributed by atoms with Crippen LogP contribution >= 0.6 is 0 Å². The zero-order valence-electron chi connectivity index (χ0n) is 10.9. The Morgan fingerprint density at radius 1 is 1.29 bits per heavy atom. The van der Waals surface area contributed by atoms with Gasteiger partial charge in [-0.3, -0.25) is 9.52 Å². The standard InChI is InChI=1S/C12H10F3NO4S/c1-6(17)11-7(2)20-10-4-3-8(5-9(10)11)16-21(18,19)12(13,14)15/h3-5,16H,1-2H3. The third kappa shape index (κ3) is 2.73. The minimum Gasteiger partial charge on any atom is -0.461 e. The Balaban J connectivity index is 2.54. The molecule has 21 heavy (non-hydrogen) atoms. The molecule has 2 rings (SSSR count). The maximum Gasteiger partial charge on any atom is 0.516 e. The Hall–Kier alpha value is -2.03. The van der Waals surface area contributed by atoms with E-state index in [2.05, 4.69) is 0 Å². The van der Waals surface area contributed by atoms with Gasteiger partial charge >= 0.3 is 15.5 Å². The predicted molar refractivity (Wildman–Crippen MR) is 69.6 cm³/mol. The molecule has 0 bridgehead atoms. The molecule has 0 saturated heterocycles. The maximum atomic E-state index is 12.3. The van der Waals surface area contributed by atoms with Gasteiger partial charge in [0, 0.05) is 11.1 Å². The second-order valence-corrected chi connectivity index (χ2v) is 6.03. The number of carbonyl (C=O) groups is 1. The van der Waals surface area contributed by atoms with E-state index in [0.29, 0.717) is 5.76 Å². The van der Waals surface area contributed by atoms with Gasteiger partial charge in [0.05, 0.1) is 5.56 Å². The van der Waals surface area contributed by atoms with E-state index < -0.39 is 15.5 Å². The number of rotatable bonds is 3. The largest absolute Gasteiger partial charge is 0.516 e. The molecule has 114 valence electrons. The van der Waals surface area contributed by atoms with E-state index in [1.54, 1.807) is 0 Å². The molecule has 0 aliphatic rings. The predicted octanol–water partition coefficient (Wildman–Crippen LogP) is 3.21. The Labute approximate surface area is 117 Å². The number of benzene rings is 1. The first-order chi connectivity index (χ1) is 9.53. The number of ketones is 1. The third-order valence-corrected chi connectivity index (χ3v) is 3.89. The summed E-state index contributed by atoms with van der Waals surface area (Å²) in [6.45, 7) is 2.82. The Morgan fingerprint density at radius 2 is 1.90 bits per heavy atom. The summed E-state index contributed by atoms with van der Waals surface area (Å²) in [5, 5.41) is 0.252. The topological polar surface area (TPSA) is 76.4 Å². The minimum atomic E-state index is -5.51. The summed E-state index contributed by atoms with van der Waals surface area (Å²) in [6.07, 6.45) is 0. The molecular formula is C12H10F3NO4S. The molecule has 9 heteroatoms. The molecule has 0 aliphatic heterocycles. The molecular weight excluding hydrogens is 311 g/mol. The number of fused-ring (bicyclic) bond motifs is 1. The highest BCUT2D eigenvalue weighted by Gasteiger charge is 2.46. The second-order valence-electron chi connectivity index (χ2n) is 4.35. The number of hydrogen-bond acceptors (Lipinski definition) is 4. The molecule has 1 N–H and O–H groups in total. The number of aryl methyl sites for hydroxylation is 1. The molecule has 1 heterocycles. The zero-order valence-corrected chi connectivity index (χ0v) is 11.7. The second kappa shape index (κ2) is 4.76. The van der Waals surface area contributed by atoms with Crippen LogP contribution in [0.15, 0.2) is 22.6 Å². The molecule has 1 aromatic heterocycles. The molecule has 5 nitrogen and oxygen atoms in total. The molecule has 0 atom stereocenters. The van der Waals surface area contributed by atoms with Gasteiger partial charge in [-0.1, -0.05) is 0 Å². The molecule has 0 spiro atoms. The summed E-state index contributed by atoms with van der Waals surface area (Å²) in [7, 11) is -5.51. The molecule has 0 unspecified atom stereocenters. The van der Waals surface area contributed by atoms with Crippen molar-refractivity contribution in [3.05, 3.63) is 29.5 Å². The van der Waals surface area contributed by atoms with Gasteiger partial charge in [0.2, 0.25) is 0 Å². The highest BCUT2D eigenvalue weighted by atomic mass is 32.2. The van der Waals surface area contributed by atoms with Gasteiger partial charge in [0.25, 0.3) is 0 Å². The maximum absolute atomic E-state index is 12.3. The molecule has 0 aliphatic carbocycles. The van der Waals surface area contributed by atoms with E-state index in [1.807, 2.05) is 0 Å². The van der Waals surface area contributed by atoms with Crippen LogP contribution in [-0.2, 0) is 10.0 Å². The van der Waals surface area contributed by atoms with Crippen molar-refractivity contribution in [1.29, 1.82) is 0 Å². The van der Waals surface area contributed by atoms with Crippen LogP contribution in [0.1, 0.15) is 23.0 Å². The number of nitrogens with one attached hydrogen (secondary N) is 1. The molecule has 1 aromatic carbocycles. The third-order valence-electron chi connectivity index (χ3n) is 2.77. The lowest BCUT2D eigenvalue weighted by Gasteiger charge is -2.10. The Kier molecular flexibility index (Phi) is 3.48. The summed E-state index contributed by atoms with van der Waals surface area (Å²) in [5.41, 5.74) is -5.23. The van der Waals surface area contributed by atoms with Crippen LogP contribution in [0, 0.1) is 6.92 Å². The summed E-state index contributed by atoms with van der Waals surface area (Å²) >= 11 is 0. The van der Waals surface area contributed by atoms with E-state index in [1.165, 1.54) is 24.6 Å².